The van der Waals surface area contributed by atoms with E-state index >= 15 is 0 Å². The predicted molar refractivity (Wildman–Crippen MR) is 119 cm³/mol. The number of benzene rings is 2. The average molecular weight is 451 g/mol. The zero-order chi connectivity index (χ0) is 21.9. The first-order valence-corrected chi connectivity index (χ1v) is 10.2. The Kier molecular flexibility index (Phi) is 9.83. The normalized spacial score (nSPS) is 14.9. The molecule has 1 saturated heterocycles. The van der Waals surface area contributed by atoms with Crippen LogP contribution in [-0.2, 0) is 16.1 Å². The van der Waals surface area contributed by atoms with Gasteiger partial charge >= 0.3 is 11.9 Å². The first-order chi connectivity index (χ1) is 14.4. The first kappa shape index (κ1) is 23.9. The van der Waals surface area contributed by atoms with Crippen LogP contribution in [0, 0.1) is 0 Å². The lowest BCUT2D eigenvalue weighted by Crippen LogP contribution is -2.45. The number of carboxylic acid groups (broad SMARTS) is 2. The van der Waals surface area contributed by atoms with E-state index < -0.39 is 11.9 Å². The summed E-state index contributed by atoms with van der Waals surface area (Å²) in [4.78, 5) is 23.1. The lowest BCUT2D eigenvalue weighted by Gasteiger charge is -2.34. The molecule has 8 heteroatoms. The summed E-state index contributed by atoms with van der Waals surface area (Å²) in [5.41, 5.74) is 2.37. The van der Waals surface area contributed by atoms with Gasteiger partial charge in [-0.3, -0.25) is 9.80 Å². The SMILES string of the molecule is Clc1cccc(CN2CCN(C/C=C/c3ccccc3)CC2)c1Cl.O=C(O)C(=O)O. The molecule has 2 N–H and O–H groups in total. The van der Waals surface area contributed by atoms with Crippen LogP contribution in [0.2, 0.25) is 10.0 Å². The van der Waals surface area contributed by atoms with Gasteiger partial charge in [-0.2, -0.15) is 0 Å². The molecule has 2 aromatic rings. The van der Waals surface area contributed by atoms with E-state index in [1.165, 1.54) is 5.56 Å². The molecule has 0 aromatic heterocycles. The molecule has 1 aliphatic rings. The number of nitrogens with zero attached hydrogens (tertiary/aromatic N) is 2. The lowest BCUT2D eigenvalue weighted by molar-refractivity contribution is -0.159. The topological polar surface area (TPSA) is 81.1 Å². The Balaban J connectivity index is 0.000000469. The fourth-order valence-electron chi connectivity index (χ4n) is 2.94. The van der Waals surface area contributed by atoms with Crippen LogP contribution in [0.25, 0.3) is 6.08 Å². The van der Waals surface area contributed by atoms with Gasteiger partial charge in [0.05, 0.1) is 10.0 Å². The van der Waals surface area contributed by atoms with E-state index in [0.717, 1.165) is 44.8 Å². The summed E-state index contributed by atoms with van der Waals surface area (Å²) in [5, 5.41) is 16.1. The summed E-state index contributed by atoms with van der Waals surface area (Å²) in [5.74, 6) is -3.65. The third kappa shape index (κ3) is 8.16. The number of carboxylic acids is 2. The number of aliphatic carboxylic acids is 2. The van der Waals surface area contributed by atoms with Crippen molar-refractivity contribution in [1.29, 1.82) is 0 Å². The Morgan fingerprint density at radius 1 is 0.867 bits per heavy atom. The highest BCUT2D eigenvalue weighted by atomic mass is 35.5. The van der Waals surface area contributed by atoms with Crippen LogP contribution in [0.1, 0.15) is 11.1 Å². The lowest BCUT2D eigenvalue weighted by atomic mass is 10.2. The molecule has 0 bridgehead atoms. The van der Waals surface area contributed by atoms with Crippen molar-refractivity contribution < 1.29 is 19.8 Å². The first-order valence-electron chi connectivity index (χ1n) is 9.42. The zero-order valence-electron chi connectivity index (χ0n) is 16.4. The maximum absolute atomic E-state index is 9.10. The minimum absolute atomic E-state index is 0.638. The van der Waals surface area contributed by atoms with Crippen molar-refractivity contribution in [2.75, 3.05) is 32.7 Å². The van der Waals surface area contributed by atoms with Crippen LogP contribution >= 0.6 is 23.2 Å². The van der Waals surface area contributed by atoms with Crippen LogP contribution in [0.4, 0.5) is 0 Å². The third-order valence-corrected chi connectivity index (χ3v) is 5.40. The van der Waals surface area contributed by atoms with Gasteiger partial charge in [-0.1, -0.05) is 77.8 Å². The summed E-state index contributed by atoms with van der Waals surface area (Å²) in [6.07, 6.45) is 4.44. The van der Waals surface area contributed by atoms with E-state index in [1.54, 1.807) is 0 Å². The molecule has 0 radical (unpaired) electrons. The Labute approximate surface area is 185 Å². The van der Waals surface area contributed by atoms with Crippen molar-refractivity contribution in [2.24, 2.45) is 0 Å². The van der Waals surface area contributed by atoms with Crippen molar-refractivity contribution in [1.82, 2.24) is 9.80 Å². The van der Waals surface area contributed by atoms with E-state index in [9.17, 15) is 0 Å². The molecule has 0 atom stereocenters. The molecule has 160 valence electrons. The molecule has 0 unspecified atom stereocenters. The Morgan fingerprint density at radius 2 is 1.47 bits per heavy atom. The molecule has 0 saturated carbocycles. The number of rotatable bonds is 5. The molecule has 3 rings (SSSR count). The summed E-state index contributed by atoms with van der Waals surface area (Å²) >= 11 is 12.4. The number of hydrogen-bond donors (Lipinski definition) is 2. The van der Waals surface area contributed by atoms with Gasteiger partial charge in [0.25, 0.3) is 0 Å². The second-order valence-electron chi connectivity index (χ2n) is 6.71. The monoisotopic (exact) mass is 450 g/mol. The molecule has 2 aromatic carbocycles. The molecule has 0 spiro atoms. The third-order valence-electron chi connectivity index (χ3n) is 4.55. The van der Waals surface area contributed by atoms with Gasteiger partial charge in [0, 0.05) is 39.3 Å². The smallest absolute Gasteiger partial charge is 0.414 e. The average Bonchev–Trinajstić information content (AvgIpc) is 2.74. The van der Waals surface area contributed by atoms with Gasteiger partial charge in [0.2, 0.25) is 0 Å². The highest BCUT2D eigenvalue weighted by molar-refractivity contribution is 6.42. The van der Waals surface area contributed by atoms with Crippen LogP contribution in [0.5, 0.6) is 0 Å². The largest absolute Gasteiger partial charge is 0.473 e. The maximum atomic E-state index is 9.10. The summed E-state index contributed by atoms with van der Waals surface area (Å²) < 4.78 is 0. The molecule has 30 heavy (non-hydrogen) atoms. The van der Waals surface area contributed by atoms with Crippen LogP contribution in [-0.4, -0.2) is 64.7 Å². The molecule has 6 nitrogen and oxygen atoms in total. The molecular weight excluding hydrogens is 427 g/mol. The van der Waals surface area contributed by atoms with Gasteiger partial charge in [-0.25, -0.2) is 9.59 Å². The van der Waals surface area contributed by atoms with E-state index in [-0.39, 0.29) is 0 Å². The fraction of sp³-hybridized carbons (Fsp3) is 0.273. The molecule has 1 heterocycles. The van der Waals surface area contributed by atoms with Gasteiger partial charge in [-0.15, -0.1) is 0 Å². The van der Waals surface area contributed by atoms with Crippen molar-refractivity contribution in [3.05, 3.63) is 75.8 Å². The van der Waals surface area contributed by atoms with Crippen molar-refractivity contribution in [3.63, 3.8) is 0 Å². The van der Waals surface area contributed by atoms with Crippen molar-refractivity contribution >= 4 is 41.2 Å². The van der Waals surface area contributed by atoms with E-state index in [0.29, 0.717) is 10.0 Å². The van der Waals surface area contributed by atoms with Crippen LogP contribution in [0.3, 0.4) is 0 Å². The van der Waals surface area contributed by atoms with E-state index in [1.807, 2.05) is 18.2 Å². The standard InChI is InChI=1S/C20H22Cl2N2.C2H2O4/c21-19-10-4-9-18(20(19)22)16-24-14-12-23(13-15-24)11-5-8-17-6-2-1-3-7-17;3-1(4)2(5)6/h1-10H,11-16H2;(H,3,4)(H,5,6)/b8-5+;. The summed E-state index contributed by atoms with van der Waals surface area (Å²) in [6, 6.07) is 16.3. The Bertz CT molecular complexity index is 855. The Morgan fingerprint density at radius 3 is 2.07 bits per heavy atom. The highest BCUT2D eigenvalue weighted by Gasteiger charge is 2.17. The predicted octanol–water partition coefficient (Wildman–Crippen LogP) is 3.98. The van der Waals surface area contributed by atoms with Gasteiger partial charge in [0.15, 0.2) is 0 Å². The minimum Gasteiger partial charge on any atom is -0.473 e. The molecule has 1 fully saturated rings. The zero-order valence-corrected chi connectivity index (χ0v) is 17.9. The van der Waals surface area contributed by atoms with Crippen LogP contribution < -0.4 is 0 Å². The maximum Gasteiger partial charge on any atom is 0.414 e. The highest BCUT2D eigenvalue weighted by Crippen LogP contribution is 2.26. The second-order valence-corrected chi connectivity index (χ2v) is 7.50. The number of halogens is 2. The van der Waals surface area contributed by atoms with Gasteiger partial charge < -0.3 is 10.2 Å². The van der Waals surface area contributed by atoms with Crippen molar-refractivity contribution in [2.45, 2.75) is 6.54 Å². The quantitative estimate of drug-likeness (QED) is 0.670. The van der Waals surface area contributed by atoms with Gasteiger partial charge in [0.1, 0.15) is 0 Å². The number of hydrogen-bond acceptors (Lipinski definition) is 4. The van der Waals surface area contributed by atoms with Crippen LogP contribution in [0.15, 0.2) is 54.6 Å². The molecular formula is C22H24Cl2N2O4. The minimum atomic E-state index is -1.82. The number of carbonyl (C=O) groups is 2. The fourth-order valence-corrected chi connectivity index (χ4v) is 3.32. The summed E-state index contributed by atoms with van der Waals surface area (Å²) in [6.45, 7) is 6.15. The van der Waals surface area contributed by atoms with Gasteiger partial charge in [-0.05, 0) is 17.2 Å². The van der Waals surface area contributed by atoms with E-state index in [2.05, 4.69) is 52.3 Å². The molecule has 1 aliphatic heterocycles. The second kappa shape index (κ2) is 12.3. The summed E-state index contributed by atoms with van der Waals surface area (Å²) in [7, 11) is 0. The van der Waals surface area contributed by atoms with E-state index in [4.69, 9.17) is 43.0 Å². The molecule has 0 aliphatic carbocycles. The Hall–Kier alpha value is -2.38. The number of piperazine rings is 1. The van der Waals surface area contributed by atoms with Crippen molar-refractivity contribution in [3.8, 4) is 0 Å². The molecule has 0 amide bonds.